The highest BCUT2D eigenvalue weighted by molar-refractivity contribution is 6.48. The van der Waals surface area contributed by atoms with Crippen LogP contribution in [0.3, 0.4) is 0 Å². The van der Waals surface area contributed by atoms with Gasteiger partial charge in [0, 0.05) is 5.57 Å². The lowest BCUT2D eigenvalue weighted by atomic mass is 10.2. The number of hydrogen-bond donors (Lipinski definition) is 0. The van der Waals surface area contributed by atoms with Crippen LogP contribution in [0.2, 0.25) is 13.1 Å². The molecule has 0 aromatic carbocycles. The Hall–Kier alpha value is -0.573. The molecule has 63 valence electrons. The molecule has 0 aliphatic heterocycles. The van der Waals surface area contributed by atoms with Crippen LogP contribution in [0.1, 0.15) is 20.8 Å². The molecule has 11 heavy (non-hydrogen) atoms. The van der Waals surface area contributed by atoms with Crippen molar-refractivity contribution < 1.29 is 9.22 Å². The van der Waals surface area contributed by atoms with Crippen LogP contribution >= 0.6 is 0 Å². The van der Waals surface area contributed by atoms with Gasteiger partial charge in [-0.1, -0.05) is 0 Å². The smallest absolute Gasteiger partial charge is 0.273 e. The van der Waals surface area contributed by atoms with E-state index < -0.39 is 9.04 Å². The molecule has 0 bridgehead atoms. The predicted molar refractivity (Wildman–Crippen MR) is 47.6 cm³/mol. The molecule has 0 N–H and O–H groups in total. The summed E-state index contributed by atoms with van der Waals surface area (Å²) in [6.07, 6.45) is 0. The van der Waals surface area contributed by atoms with Crippen molar-refractivity contribution in [1.82, 2.24) is 0 Å². The summed E-state index contributed by atoms with van der Waals surface area (Å²) in [5.41, 5.74) is 0.733. The van der Waals surface area contributed by atoms with Crippen molar-refractivity contribution >= 4 is 14.8 Å². The largest absolute Gasteiger partial charge is 0.546 e. The summed E-state index contributed by atoms with van der Waals surface area (Å²) in [4.78, 5) is 10.8. The molecule has 2 nitrogen and oxygen atoms in total. The predicted octanol–water partition coefficient (Wildman–Crippen LogP) is 2.14. The standard InChI is InChI=1S/C8H15O2Si/c1-6(7(2)9)8(3)10-11(4)5/h1-5H3/b8-6-. The maximum absolute atomic E-state index is 10.8. The Labute approximate surface area is 70.0 Å². The summed E-state index contributed by atoms with van der Waals surface area (Å²) >= 11 is 0. The number of carbonyl (C=O) groups is 1. The van der Waals surface area contributed by atoms with Crippen molar-refractivity contribution in [2.45, 2.75) is 33.9 Å². The number of hydrogen-bond acceptors (Lipinski definition) is 2. The van der Waals surface area contributed by atoms with Crippen LogP contribution in [0.15, 0.2) is 11.3 Å². The zero-order valence-corrected chi connectivity index (χ0v) is 8.82. The van der Waals surface area contributed by atoms with E-state index in [1.807, 2.05) is 20.0 Å². The average Bonchev–Trinajstić information content (AvgIpc) is 1.84. The van der Waals surface area contributed by atoms with Crippen molar-refractivity contribution in [3.8, 4) is 0 Å². The van der Waals surface area contributed by atoms with Gasteiger partial charge in [0.25, 0.3) is 9.04 Å². The lowest BCUT2D eigenvalue weighted by Gasteiger charge is -2.10. The van der Waals surface area contributed by atoms with Crippen LogP contribution in [0.4, 0.5) is 0 Å². The summed E-state index contributed by atoms with van der Waals surface area (Å²) in [6.45, 7) is 9.28. The fraction of sp³-hybridized carbons (Fsp3) is 0.625. The first-order chi connectivity index (χ1) is 4.95. The monoisotopic (exact) mass is 171 g/mol. The molecule has 0 fully saturated rings. The van der Waals surface area contributed by atoms with Crippen LogP contribution in [-0.4, -0.2) is 14.8 Å². The third-order valence-electron chi connectivity index (χ3n) is 1.41. The van der Waals surface area contributed by atoms with E-state index in [9.17, 15) is 4.79 Å². The summed E-state index contributed by atoms with van der Waals surface area (Å²) in [5.74, 6) is 0.863. The molecule has 0 atom stereocenters. The molecule has 0 aromatic heterocycles. The van der Waals surface area contributed by atoms with Gasteiger partial charge in [-0.2, -0.15) is 0 Å². The van der Waals surface area contributed by atoms with Gasteiger partial charge in [-0.15, -0.1) is 0 Å². The molecular weight excluding hydrogens is 156 g/mol. The minimum atomic E-state index is -0.722. The van der Waals surface area contributed by atoms with Gasteiger partial charge in [0.1, 0.15) is 0 Å². The lowest BCUT2D eigenvalue weighted by molar-refractivity contribution is -0.113. The fourth-order valence-electron chi connectivity index (χ4n) is 0.631. The fourth-order valence-corrected chi connectivity index (χ4v) is 1.40. The van der Waals surface area contributed by atoms with E-state index >= 15 is 0 Å². The highest BCUT2D eigenvalue weighted by Crippen LogP contribution is 2.07. The Balaban J connectivity index is 4.28. The molecule has 0 aromatic rings. The Morgan fingerprint density at radius 3 is 1.91 bits per heavy atom. The molecule has 0 amide bonds. The van der Waals surface area contributed by atoms with Gasteiger partial charge in [0.2, 0.25) is 0 Å². The maximum atomic E-state index is 10.8. The van der Waals surface area contributed by atoms with Crippen LogP contribution in [-0.2, 0) is 9.22 Å². The first-order valence-corrected chi connectivity index (χ1v) is 6.02. The second-order valence-electron chi connectivity index (χ2n) is 2.75. The van der Waals surface area contributed by atoms with E-state index in [0.29, 0.717) is 0 Å². The van der Waals surface area contributed by atoms with Crippen molar-refractivity contribution in [2.75, 3.05) is 0 Å². The van der Waals surface area contributed by atoms with Gasteiger partial charge in [0.05, 0.1) is 5.76 Å². The number of allylic oxidation sites excluding steroid dienone is 2. The number of carbonyl (C=O) groups excluding carboxylic acids is 1. The van der Waals surface area contributed by atoms with Crippen molar-refractivity contribution in [3.05, 3.63) is 11.3 Å². The Kier molecular flexibility index (Phi) is 4.11. The van der Waals surface area contributed by atoms with Crippen LogP contribution < -0.4 is 0 Å². The zero-order valence-electron chi connectivity index (χ0n) is 7.82. The number of ketones is 1. The second-order valence-corrected chi connectivity index (χ2v) is 4.77. The molecule has 1 radical (unpaired) electrons. The van der Waals surface area contributed by atoms with Crippen LogP contribution in [0, 0.1) is 0 Å². The molecule has 3 heteroatoms. The minimum absolute atomic E-state index is 0.0887. The SMILES string of the molecule is CC(=O)/C(C)=C(/C)O[Si](C)C. The van der Waals surface area contributed by atoms with Gasteiger partial charge in [-0.05, 0) is 33.9 Å². The second kappa shape index (κ2) is 4.33. The molecule has 0 saturated heterocycles. The Morgan fingerprint density at radius 2 is 1.64 bits per heavy atom. The zero-order chi connectivity index (χ0) is 9.02. The highest BCUT2D eigenvalue weighted by atomic mass is 28.3. The normalized spacial score (nSPS) is 12.9. The van der Waals surface area contributed by atoms with Crippen molar-refractivity contribution in [1.29, 1.82) is 0 Å². The number of Topliss-reactive ketones (excluding diaryl/α,β-unsaturated/α-hetero) is 1. The van der Waals surface area contributed by atoms with Crippen LogP contribution in [0.5, 0.6) is 0 Å². The van der Waals surface area contributed by atoms with E-state index in [1.165, 1.54) is 0 Å². The summed E-state index contributed by atoms with van der Waals surface area (Å²) in [5, 5.41) is 0. The van der Waals surface area contributed by atoms with E-state index in [4.69, 9.17) is 4.43 Å². The van der Waals surface area contributed by atoms with Gasteiger partial charge in [0.15, 0.2) is 5.78 Å². The third-order valence-corrected chi connectivity index (χ3v) is 2.13. The number of rotatable bonds is 3. The summed E-state index contributed by atoms with van der Waals surface area (Å²) in [7, 11) is -0.722. The molecule has 0 aliphatic rings. The highest BCUT2D eigenvalue weighted by Gasteiger charge is 2.05. The summed E-state index contributed by atoms with van der Waals surface area (Å²) in [6, 6.07) is 0. The average molecular weight is 171 g/mol. The van der Waals surface area contributed by atoms with Crippen LogP contribution in [0.25, 0.3) is 0 Å². The van der Waals surface area contributed by atoms with E-state index in [0.717, 1.165) is 11.3 Å². The molecule has 0 spiro atoms. The van der Waals surface area contributed by atoms with E-state index in [2.05, 4.69) is 0 Å². The first kappa shape index (κ1) is 10.4. The van der Waals surface area contributed by atoms with Gasteiger partial charge < -0.3 is 4.43 Å². The molecule has 0 unspecified atom stereocenters. The molecule has 0 heterocycles. The van der Waals surface area contributed by atoms with Crippen molar-refractivity contribution in [2.24, 2.45) is 0 Å². The molecule has 0 aliphatic carbocycles. The third kappa shape index (κ3) is 3.98. The quantitative estimate of drug-likeness (QED) is 0.369. The lowest BCUT2D eigenvalue weighted by Crippen LogP contribution is -2.08. The van der Waals surface area contributed by atoms with E-state index in [-0.39, 0.29) is 5.78 Å². The Bertz CT molecular complexity index is 183. The topological polar surface area (TPSA) is 26.3 Å². The van der Waals surface area contributed by atoms with Crippen molar-refractivity contribution in [3.63, 3.8) is 0 Å². The first-order valence-electron chi connectivity index (χ1n) is 3.61. The van der Waals surface area contributed by atoms with Gasteiger partial charge >= 0.3 is 0 Å². The molecular formula is C8H15O2Si. The molecule has 0 rings (SSSR count). The minimum Gasteiger partial charge on any atom is -0.546 e. The van der Waals surface area contributed by atoms with Gasteiger partial charge in [-0.25, -0.2) is 0 Å². The van der Waals surface area contributed by atoms with E-state index in [1.54, 1.807) is 13.8 Å². The maximum Gasteiger partial charge on any atom is 0.273 e. The molecule has 0 saturated carbocycles. The Morgan fingerprint density at radius 1 is 1.18 bits per heavy atom. The van der Waals surface area contributed by atoms with Gasteiger partial charge in [-0.3, -0.25) is 4.79 Å². The summed E-state index contributed by atoms with van der Waals surface area (Å²) < 4.78 is 5.43.